The summed E-state index contributed by atoms with van der Waals surface area (Å²) in [5, 5.41) is 5.71. The number of hydrogen-bond acceptors (Lipinski definition) is 4. The van der Waals surface area contributed by atoms with Crippen molar-refractivity contribution in [3.63, 3.8) is 0 Å². The van der Waals surface area contributed by atoms with Crippen LogP contribution in [-0.4, -0.2) is 61.6 Å². The average molecular weight is 257 g/mol. The van der Waals surface area contributed by atoms with Gasteiger partial charge < -0.3 is 15.0 Å². The van der Waals surface area contributed by atoms with Gasteiger partial charge in [-0.2, -0.15) is 0 Å². The van der Waals surface area contributed by atoms with Crippen LogP contribution in [0.4, 0.5) is 0 Å². The molecular formula is C12H23N3O3. The van der Waals surface area contributed by atoms with Crippen LogP contribution in [0.5, 0.6) is 0 Å². The molecule has 1 aliphatic heterocycles. The fourth-order valence-corrected chi connectivity index (χ4v) is 1.76. The number of carbonyl (C=O) groups is 2. The van der Waals surface area contributed by atoms with Gasteiger partial charge in [0, 0.05) is 19.1 Å². The molecule has 6 heteroatoms. The van der Waals surface area contributed by atoms with E-state index >= 15 is 0 Å². The molecule has 0 aliphatic carbocycles. The summed E-state index contributed by atoms with van der Waals surface area (Å²) in [6, 6.07) is -0.231. The highest BCUT2D eigenvalue weighted by Gasteiger charge is 2.22. The molecule has 1 saturated heterocycles. The first-order chi connectivity index (χ1) is 8.50. The predicted octanol–water partition coefficient (Wildman–Crippen LogP) is -0.652. The molecule has 6 nitrogen and oxygen atoms in total. The van der Waals surface area contributed by atoms with E-state index in [1.807, 2.05) is 13.8 Å². The summed E-state index contributed by atoms with van der Waals surface area (Å²) in [5.74, 6) is -0.0673. The van der Waals surface area contributed by atoms with Crippen LogP contribution in [0.2, 0.25) is 0 Å². The molecule has 1 atom stereocenters. The van der Waals surface area contributed by atoms with Crippen LogP contribution in [0.25, 0.3) is 0 Å². The lowest BCUT2D eigenvalue weighted by Crippen LogP contribution is -2.51. The van der Waals surface area contributed by atoms with Gasteiger partial charge in [0.25, 0.3) is 0 Å². The molecule has 0 aromatic carbocycles. The molecular weight excluding hydrogens is 234 g/mol. The maximum Gasteiger partial charge on any atom is 0.239 e. The number of rotatable bonds is 5. The van der Waals surface area contributed by atoms with Crippen molar-refractivity contribution in [1.82, 2.24) is 15.5 Å². The lowest BCUT2D eigenvalue weighted by Gasteiger charge is -2.29. The fourth-order valence-electron chi connectivity index (χ4n) is 1.76. The van der Waals surface area contributed by atoms with E-state index in [0.29, 0.717) is 26.3 Å². The van der Waals surface area contributed by atoms with Crippen molar-refractivity contribution in [3.8, 4) is 0 Å². The zero-order chi connectivity index (χ0) is 13.5. The molecule has 0 spiro atoms. The summed E-state index contributed by atoms with van der Waals surface area (Å²) in [4.78, 5) is 25.2. The van der Waals surface area contributed by atoms with Gasteiger partial charge in [-0.15, -0.1) is 0 Å². The number of nitrogens with zero attached hydrogens (tertiary/aromatic N) is 1. The molecule has 0 aromatic heterocycles. The number of amides is 2. The maximum atomic E-state index is 12.0. The van der Waals surface area contributed by atoms with Crippen molar-refractivity contribution < 1.29 is 14.3 Å². The first-order valence-corrected chi connectivity index (χ1v) is 6.40. The Kier molecular flexibility index (Phi) is 6.07. The molecule has 1 heterocycles. The van der Waals surface area contributed by atoms with Crippen molar-refractivity contribution in [2.45, 2.75) is 32.9 Å². The second-order valence-corrected chi connectivity index (χ2v) is 4.76. The summed E-state index contributed by atoms with van der Waals surface area (Å²) in [7, 11) is 0. The van der Waals surface area contributed by atoms with Crippen molar-refractivity contribution in [2.75, 3.05) is 32.8 Å². The van der Waals surface area contributed by atoms with E-state index in [9.17, 15) is 9.59 Å². The highest BCUT2D eigenvalue weighted by atomic mass is 16.5. The molecule has 0 aromatic rings. The highest BCUT2D eigenvalue weighted by molar-refractivity contribution is 5.83. The van der Waals surface area contributed by atoms with Crippen LogP contribution >= 0.6 is 0 Å². The Labute approximate surface area is 108 Å². The fraction of sp³-hybridized carbons (Fsp3) is 0.833. The van der Waals surface area contributed by atoms with Gasteiger partial charge in [0.2, 0.25) is 11.8 Å². The summed E-state index contributed by atoms with van der Waals surface area (Å²) in [5.41, 5.74) is 0. The lowest BCUT2D eigenvalue weighted by atomic mass is 10.2. The van der Waals surface area contributed by atoms with E-state index in [4.69, 9.17) is 4.74 Å². The molecule has 0 bridgehead atoms. The maximum absolute atomic E-state index is 12.0. The lowest BCUT2D eigenvalue weighted by molar-refractivity contribution is -0.137. The van der Waals surface area contributed by atoms with Crippen LogP contribution in [0, 0.1) is 0 Å². The number of hydrogen-bond donors (Lipinski definition) is 2. The third kappa shape index (κ3) is 5.01. The van der Waals surface area contributed by atoms with Gasteiger partial charge in [-0.3, -0.25) is 14.9 Å². The minimum absolute atomic E-state index is 0.0237. The monoisotopic (exact) mass is 257 g/mol. The van der Waals surface area contributed by atoms with Gasteiger partial charge in [-0.05, 0) is 20.8 Å². The van der Waals surface area contributed by atoms with E-state index in [0.717, 1.165) is 0 Å². The standard InChI is InChI=1S/C12H23N3O3/c1-9(2)14-11(16)8-13-10(3)12(17)15-4-6-18-7-5-15/h9-10,13H,4-8H2,1-3H3,(H,14,16). The van der Waals surface area contributed by atoms with Crippen molar-refractivity contribution in [1.29, 1.82) is 0 Å². The molecule has 1 aliphatic rings. The Bertz CT molecular complexity index is 288. The second-order valence-electron chi connectivity index (χ2n) is 4.76. The SMILES string of the molecule is CC(C)NC(=O)CNC(C)C(=O)N1CCOCC1. The van der Waals surface area contributed by atoms with E-state index in [1.165, 1.54) is 0 Å². The van der Waals surface area contributed by atoms with Gasteiger partial charge in [-0.25, -0.2) is 0 Å². The summed E-state index contributed by atoms with van der Waals surface area (Å²) < 4.78 is 5.19. The van der Waals surface area contributed by atoms with Crippen LogP contribution in [0.3, 0.4) is 0 Å². The van der Waals surface area contributed by atoms with Crippen LogP contribution < -0.4 is 10.6 Å². The summed E-state index contributed by atoms with van der Waals surface area (Å²) in [6.45, 7) is 8.18. The normalized spacial score (nSPS) is 17.7. The van der Waals surface area contributed by atoms with Crippen LogP contribution in [0.1, 0.15) is 20.8 Å². The van der Waals surface area contributed by atoms with E-state index < -0.39 is 0 Å². The second kappa shape index (κ2) is 7.33. The van der Waals surface area contributed by atoms with Crippen LogP contribution in [0.15, 0.2) is 0 Å². The summed E-state index contributed by atoms with van der Waals surface area (Å²) in [6.07, 6.45) is 0. The zero-order valence-electron chi connectivity index (χ0n) is 11.4. The minimum atomic E-state index is -0.346. The Balaban J connectivity index is 2.28. The molecule has 1 unspecified atom stereocenters. The quantitative estimate of drug-likeness (QED) is 0.686. The van der Waals surface area contributed by atoms with Crippen molar-refractivity contribution in [2.24, 2.45) is 0 Å². The number of morpholine rings is 1. The van der Waals surface area contributed by atoms with Crippen molar-refractivity contribution in [3.05, 3.63) is 0 Å². The van der Waals surface area contributed by atoms with Gasteiger partial charge in [0.05, 0.1) is 25.8 Å². The Morgan fingerprint density at radius 2 is 1.83 bits per heavy atom. The third-order valence-electron chi connectivity index (χ3n) is 2.71. The number of ether oxygens (including phenoxy) is 1. The molecule has 104 valence electrons. The molecule has 0 saturated carbocycles. The Morgan fingerprint density at radius 1 is 1.22 bits per heavy atom. The molecule has 18 heavy (non-hydrogen) atoms. The van der Waals surface area contributed by atoms with Gasteiger partial charge in [0.1, 0.15) is 0 Å². The average Bonchev–Trinajstić information content (AvgIpc) is 2.35. The zero-order valence-corrected chi connectivity index (χ0v) is 11.4. The van der Waals surface area contributed by atoms with Gasteiger partial charge in [-0.1, -0.05) is 0 Å². The van der Waals surface area contributed by atoms with Gasteiger partial charge in [0.15, 0.2) is 0 Å². The van der Waals surface area contributed by atoms with E-state index in [1.54, 1.807) is 11.8 Å². The van der Waals surface area contributed by atoms with Crippen molar-refractivity contribution >= 4 is 11.8 Å². The first-order valence-electron chi connectivity index (χ1n) is 6.40. The van der Waals surface area contributed by atoms with E-state index in [2.05, 4.69) is 10.6 Å². The Morgan fingerprint density at radius 3 is 2.39 bits per heavy atom. The topological polar surface area (TPSA) is 70.7 Å². The first kappa shape index (κ1) is 14.9. The Hall–Kier alpha value is -1.14. The van der Waals surface area contributed by atoms with E-state index in [-0.39, 0.29) is 30.4 Å². The highest BCUT2D eigenvalue weighted by Crippen LogP contribution is 2.00. The minimum Gasteiger partial charge on any atom is -0.378 e. The molecule has 0 radical (unpaired) electrons. The summed E-state index contributed by atoms with van der Waals surface area (Å²) >= 11 is 0. The molecule has 1 rings (SSSR count). The van der Waals surface area contributed by atoms with Crippen LogP contribution in [-0.2, 0) is 14.3 Å². The predicted molar refractivity (Wildman–Crippen MR) is 68.1 cm³/mol. The number of nitrogens with one attached hydrogen (secondary N) is 2. The smallest absolute Gasteiger partial charge is 0.239 e. The van der Waals surface area contributed by atoms with Gasteiger partial charge >= 0.3 is 0 Å². The molecule has 2 N–H and O–H groups in total. The molecule has 1 fully saturated rings. The third-order valence-corrected chi connectivity index (χ3v) is 2.71. The molecule has 2 amide bonds. The largest absolute Gasteiger partial charge is 0.378 e. The number of carbonyl (C=O) groups excluding carboxylic acids is 2.